The molecular weight excluding hydrogens is 390 g/mol. The fourth-order valence-electron chi connectivity index (χ4n) is 2.72. The van der Waals surface area contributed by atoms with E-state index in [0.29, 0.717) is 33.1 Å². The monoisotopic (exact) mass is 402 g/mol. The second kappa shape index (κ2) is 7.51. The minimum Gasteiger partial charge on any atom is -0.354 e. The second-order valence-electron chi connectivity index (χ2n) is 5.63. The molecule has 0 aliphatic carbocycles. The van der Waals surface area contributed by atoms with Crippen molar-refractivity contribution < 1.29 is 4.79 Å². The molecule has 7 heteroatoms. The Balaban J connectivity index is 1.90. The Morgan fingerprint density at radius 1 is 0.792 bits per heavy atom. The van der Waals surface area contributed by atoms with Crippen LogP contribution in [-0.4, -0.2) is 12.5 Å². The van der Waals surface area contributed by atoms with E-state index in [2.05, 4.69) is 10.6 Å². The molecule has 2 aromatic carbocycles. The van der Waals surface area contributed by atoms with Crippen LogP contribution < -0.4 is 10.6 Å². The highest BCUT2D eigenvalue weighted by molar-refractivity contribution is 6.42. The van der Waals surface area contributed by atoms with Gasteiger partial charge < -0.3 is 10.6 Å². The van der Waals surface area contributed by atoms with E-state index >= 15 is 0 Å². The second-order valence-corrected chi connectivity index (χ2v) is 7.26. The van der Waals surface area contributed by atoms with E-state index in [1.54, 1.807) is 18.2 Å². The molecule has 1 heterocycles. The Labute approximate surface area is 160 Å². The molecule has 2 unspecified atom stereocenters. The van der Waals surface area contributed by atoms with Crippen LogP contribution in [0.25, 0.3) is 0 Å². The van der Waals surface area contributed by atoms with Crippen LogP contribution in [0.4, 0.5) is 0 Å². The van der Waals surface area contributed by atoms with Gasteiger partial charge in [-0.3, -0.25) is 4.79 Å². The van der Waals surface area contributed by atoms with Crippen molar-refractivity contribution in [3.05, 3.63) is 67.6 Å². The molecule has 2 atom stereocenters. The third-order valence-electron chi connectivity index (χ3n) is 3.99. The summed E-state index contributed by atoms with van der Waals surface area (Å²) in [6, 6.07) is 10.6. The molecule has 1 saturated heterocycles. The number of nitrogens with one attached hydrogen (secondary N) is 2. The number of carbonyl (C=O) groups is 1. The zero-order valence-corrected chi connectivity index (χ0v) is 15.5. The molecule has 0 saturated carbocycles. The highest BCUT2D eigenvalue weighted by atomic mass is 35.5. The van der Waals surface area contributed by atoms with Gasteiger partial charge in [-0.15, -0.1) is 0 Å². The standard InChI is InChI=1S/C17H14Cl4N2O/c18-11-3-1-9(5-13(11)20)15-7-17(24)22-8-16(23-15)10-2-4-12(19)14(21)6-10/h1-6,15-16,23H,7-8H2,(H,22,24). The molecule has 3 rings (SSSR count). The molecule has 3 nitrogen and oxygen atoms in total. The molecule has 2 N–H and O–H groups in total. The molecule has 1 aliphatic rings. The number of hydrogen-bond acceptors (Lipinski definition) is 2. The minimum atomic E-state index is -0.179. The van der Waals surface area contributed by atoms with Gasteiger partial charge in [0, 0.05) is 19.0 Å². The molecule has 0 bridgehead atoms. The van der Waals surface area contributed by atoms with Gasteiger partial charge in [0.1, 0.15) is 0 Å². The predicted octanol–water partition coefficient (Wildman–Crippen LogP) is 5.19. The summed E-state index contributed by atoms with van der Waals surface area (Å²) in [5.74, 6) is -0.0267. The summed E-state index contributed by atoms with van der Waals surface area (Å²) >= 11 is 24.2. The quantitative estimate of drug-likeness (QED) is 0.724. The first kappa shape index (κ1) is 17.8. The van der Waals surface area contributed by atoms with Crippen molar-refractivity contribution in [1.29, 1.82) is 0 Å². The van der Waals surface area contributed by atoms with Crippen molar-refractivity contribution in [3.8, 4) is 0 Å². The first-order chi connectivity index (χ1) is 11.4. The van der Waals surface area contributed by atoms with Crippen LogP contribution in [0, 0.1) is 0 Å². The number of amides is 1. The topological polar surface area (TPSA) is 41.1 Å². The molecular formula is C17H14Cl4N2O. The first-order valence-corrected chi connectivity index (χ1v) is 8.88. The summed E-state index contributed by atoms with van der Waals surface area (Å²) in [6.07, 6.45) is 0.315. The van der Waals surface area contributed by atoms with Crippen molar-refractivity contribution in [3.63, 3.8) is 0 Å². The summed E-state index contributed by atoms with van der Waals surface area (Å²) < 4.78 is 0. The van der Waals surface area contributed by atoms with Crippen LogP contribution in [0.1, 0.15) is 29.6 Å². The lowest BCUT2D eigenvalue weighted by molar-refractivity contribution is -0.121. The lowest BCUT2D eigenvalue weighted by Crippen LogP contribution is -2.29. The largest absolute Gasteiger partial charge is 0.354 e. The third-order valence-corrected chi connectivity index (χ3v) is 5.47. The van der Waals surface area contributed by atoms with Crippen LogP contribution in [-0.2, 0) is 4.79 Å². The van der Waals surface area contributed by atoms with Crippen LogP contribution in [0.15, 0.2) is 36.4 Å². The highest BCUT2D eigenvalue weighted by Crippen LogP contribution is 2.31. The smallest absolute Gasteiger partial charge is 0.221 e. The summed E-state index contributed by atoms with van der Waals surface area (Å²) in [6.45, 7) is 0.467. The SMILES string of the molecule is O=C1CC(c2ccc(Cl)c(Cl)c2)NC(c2ccc(Cl)c(Cl)c2)CN1. The van der Waals surface area contributed by atoms with Crippen molar-refractivity contribution in [1.82, 2.24) is 10.6 Å². The molecule has 1 fully saturated rings. The fraction of sp³-hybridized carbons (Fsp3) is 0.235. The summed E-state index contributed by atoms with van der Waals surface area (Å²) in [5, 5.41) is 8.34. The Morgan fingerprint density at radius 3 is 1.88 bits per heavy atom. The average molecular weight is 404 g/mol. The zero-order valence-electron chi connectivity index (χ0n) is 12.5. The van der Waals surface area contributed by atoms with Gasteiger partial charge >= 0.3 is 0 Å². The third kappa shape index (κ3) is 3.98. The van der Waals surface area contributed by atoms with E-state index in [1.807, 2.05) is 18.2 Å². The molecule has 24 heavy (non-hydrogen) atoms. The van der Waals surface area contributed by atoms with Crippen LogP contribution in [0.3, 0.4) is 0 Å². The Kier molecular flexibility index (Phi) is 5.58. The van der Waals surface area contributed by atoms with Crippen LogP contribution >= 0.6 is 46.4 Å². The number of carbonyl (C=O) groups excluding carboxylic acids is 1. The van der Waals surface area contributed by atoms with Crippen LogP contribution in [0.2, 0.25) is 20.1 Å². The van der Waals surface area contributed by atoms with E-state index < -0.39 is 0 Å². The summed E-state index contributed by atoms with van der Waals surface area (Å²) in [5.41, 5.74) is 1.86. The van der Waals surface area contributed by atoms with Gasteiger partial charge in [-0.2, -0.15) is 0 Å². The number of halogens is 4. The van der Waals surface area contributed by atoms with E-state index in [1.165, 1.54) is 0 Å². The highest BCUT2D eigenvalue weighted by Gasteiger charge is 2.26. The first-order valence-electron chi connectivity index (χ1n) is 7.36. The van der Waals surface area contributed by atoms with Crippen LogP contribution in [0.5, 0.6) is 0 Å². The Bertz CT molecular complexity index is 781. The van der Waals surface area contributed by atoms with Gasteiger partial charge in [0.15, 0.2) is 0 Å². The van der Waals surface area contributed by atoms with Gasteiger partial charge in [0.25, 0.3) is 0 Å². The van der Waals surface area contributed by atoms with Gasteiger partial charge in [-0.05, 0) is 35.4 Å². The van der Waals surface area contributed by atoms with Crippen molar-refractivity contribution in [2.45, 2.75) is 18.5 Å². The van der Waals surface area contributed by atoms with E-state index in [0.717, 1.165) is 11.1 Å². The molecule has 0 radical (unpaired) electrons. The van der Waals surface area contributed by atoms with E-state index in [4.69, 9.17) is 46.4 Å². The van der Waals surface area contributed by atoms with Gasteiger partial charge in [0.05, 0.1) is 26.1 Å². The van der Waals surface area contributed by atoms with Gasteiger partial charge in [0.2, 0.25) is 5.91 Å². The van der Waals surface area contributed by atoms with Crippen molar-refractivity contribution in [2.75, 3.05) is 6.54 Å². The minimum absolute atomic E-state index is 0.0267. The lowest BCUT2D eigenvalue weighted by atomic mass is 10.0. The van der Waals surface area contributed by atoms with Crippen molar-refractivity contribution in [2.24, 2.45) is 0 Å². The van der Waals surface area contributed by atoms with E-state index in [-0.39, 0.29) is 18.0 Å². The molecule has 2 aromatic rings. The Morgan fingerprint density at radius 2 is 1.33 bits per heavy atom. The maximum absolute atomic E-state index is 12.1. The van der Waals surface area contributed by atoms with Crippen molar-refractivity contribution >= 4 is 52.3 Å². The molecule has 1 aliphatic heterocycles. The molecule has 1 amide bonds. The zero-order chi connectivity index (χ0) is 17.3. The fourth-order valence-corrected chi connectivity index (χ4v) is 3.33. The predicted molar refractivity (Wildman–Crippen MR) is 99.2 cm³/mol. The maximum Gasteiger partial charge on any atom is 0.221 e. The number of benzene rings is 2. The average Bonchev–Trinajstić information content (AvgIpc) is 2.75. The maximum atomic E-state index is 12.1. The van der Waals surface area contributed by atoms with E-state index in [9.17, 15) is 4.79 Å². The van der Waals surface area contributed by atoms with Gasteiger partial charge in [-0.1, -0.05) is 58.5 Å². The number of hydrogen-bond donors (Lipinski definition) is 2. The normalized spacial score (nSPS) is 21.2. The summed E-state index contributed by atoms with van der Waals surface area (Å²) in [4.78, 5) is 12.1. The molecule has 0 aromatic heterocycles. The molecule has 0 spiro atoms. The number of rotatable bonds is 2. The lowest BCUT2D eigenvalue weighted by Gasteiger charge is -2.23. The summed E-state index contributed by atoms with van der Waals surface area (Å²) in [7, 11) is 0. The Hall–Kier alpha value is -0.970. The molecule has 126 valence electrons. The van der Waals surface area contributed by atoms with Gasteiger partial charge in [-0.25, -0.2) is 0 Å².